The number of nitrogens with zero attached hydrogens (tertiary/aromatic N) is 1. The first-order valence-electron chi connectivity index (χ1n) is 5.39. The van der Waals surface area contributed by atoms with Gasteiger partial charge in [0.25, 0.3) is 5.91 Å². The maximum atomic E-state index is 12.6. The summed E-state index contributed by atoms with van der Waals surface area (Å²) in [5, 5.41) is 8.41. The predicted molar refractivity (Wildman–Crippen MR) is 66.8 cm³/mol. The number of fused-ring (bicyclic) bond motifs is 1. The van der Waals surface area contributed by atoms with Crippen molar-refractivity contribution < 1.29 is 41.0 Å². The van der Waals surface area contributed by atoms with E-state index in [0.29, 0.717) is 0 Å². The summed E-state index contributed by atoms with van der Waals surface area (Å²) >= 11 is 0.812. The van der Waals surface area contributed by atoms with Gasteiger partial charge in [0.15, 0.2) is 0 Å². The highest BCUT2D eigenvalue weighted by Gasteiger charge is 2.38. The second kappa shape index (κ2) is 6.40. The first-order chi connectivity index (χ1) is 10.4. The van der Waals surface area contributed by atoms with E-state index in [1.807, 2.05) is 0 Å². The summed E-state index contributed by atoms with van der Waals surface area (Å²) in [6.07, 6.45) is -8.52. The molecule has 0 unspecified atom stereocenters. The van der Waals surface area contributed by atoms with Crippen molar-refractivity contribution in [2.24, 2.45) is 5.73 Å². The van der Waals surface area contributed by atoms with Crippen LogP contribution in [0.2, 0.25) is 0 Å². The van der Waals surface area contributed by atoms with Crippen molar-refractivity contribution in [2.45, 2.75) is 12.4 Å². The molecule has 0 saturated heterocycles. The summed E-state index contributed by atoms with van der Waals surface area (Å²) in [6, 6.07) is 0.879. The van der Waals surface area contributed by atoms with Gasteiger partial charge in [-0.1, -0.05) is 0 Å². The molecule has 23 heavy (non-hydrogen) atoms. The maximum Gasteiger partial charge on any atom is 0.490 e. The summed E-state index contributed by atoms with van der Waals surface area (Å²) in [5.41, 5.74) is 4.26. The lowest BCUT2D eigenvalue weighted by Gasteiger charge is -2.06. The van der Waals surface area contributed by atoms with E-state index in [-0.39, 0.29) is 15.8 Å². The van der Waals surface area contributed by atoms with Crippen LogP contribution in [0.25, 0.3) is 10.2 Å². The van der Waals surface area contributed by atoms with Crippen LogP contribution in [0.4, 0.5) is 26.3 Å². The van der Waals surface area contributed by atoms with Gasteiger partial charge in [0.2, 0.25) is 0 Å². The van der Waals surface area contributed by atoms with Crippen molar-refractivity contribution in [1.29, 1.82) is 0 Å². The van der Waals surface area contributed by atoms with Gasteiger partial charge >= 0.3 is 18.3 Å². The van der Waals surface area contributed by atoms with Gasteiger partial charge in [-0.25, -0.2) is 4.79 Å². The van der Waals surface area contributed by atoms with Crippen molar-refractivity contribution >= 4 is 33.4 Å². The Kier molecular flexibility index (Phi) is 5.20. The minimum Gasteiger partial charge on any atom is -0.475 e. The normalized spacial score (nSPS) is 11.7. The molecule has 1 amide bonds. The number of hydrogen-bond acceptors (Lipinski definition) is 4. The van der Waals surface area contributed by atoms with Gasteiger partial charge in [0, 0.05) is 11.6 Å². The zero-order chi connectivity index (χ0) is 18.0. The fraction of sp³-hybridized carbons (Fsp3) is 0.182. The third-order valence-corrected chi connectivity index (χ3v) is 3.27. The summed E-state index contributed by atoms with van der Waals surface area (Å²) < 4.78 is 69.4. The first-order valence-corrected chi connectivity index (χ1v) is 6.27. The minimum atomic E-state index is -5.08. The number of carboxylic acids is 1. The van der Waals surface area contributed by atoms with E-state index in [0.717, 1.165) is 23.6 Å². The van der Waals surface area contributed by atoms with Crippen LogP contribution in [0, 0.1) is 0 Å². The number of alkyl halides is 6. The van der Waals surface area contributed by atoms with Gasteiger partial charge in [-0.05, 0) is 6.07 Å². The molecule has 0 aliphatic rings. The molecule has 2 aromatic heterocycles. The van der Waals surface area contributed by atoms with Gasteiger partial charge in [0.1, 0.15) is 0 Å². The zero-order valence-corrected chi connectivity index (χ0v) is 11.5. The van der Waals surface area contributed by atoms with E-state index in [1.165, 1.54) is 5.38 Å². The van der Waals surface area contributed by atoms with Crippen molar-refractivity contribution in [1.82, 2.24) is 4.98 Å². The molecule has 0 aliphatic carbocycles. The highest BCUT2D eigenvalue weighted by Crippen LogP contribution is 2.37. The summed E-state index contributed by atoms with van der Waals surface area (Å²) in [4.78, 5) is 23.6. The second-order valence-electron chi connectivity index (χ2n) is 3.85. The van der Waals surface area contributed by atoms with Gasteiger partial charge in [0.05, 0.1) is 21.3 Å². The van der Waals surface area contributed by atoms with Crippen LogP contribution in [-0.4, -0.2) is 28.1 Å². The molecule has 0 atom stereocenters. The molecule has 2 aromatic rings. The smallest absolute Gasteiger partial charge is 0.475 e. The minimum absolute atomic E-state index is 0.00678. The highest BCUT2D eigenvalue weighted by molar-refractivity contribution is 7.17. The Bertz CT molecular complexity index is 737. The van der Waals surface area contributed by atoms with E-state index in [2.05, 4.69) is 4.98 Å². The molecule has 2 rings (SSSR count). The number of carbonyl (C=O) groups excluding carboxylic acids is 1. The Labute approximate surface area is 127 Å². The third-order valence-electron chi connectivity index (χ3n) is 2.27. The lowest BCUT2D eigenvalue weighted by Crippen LogP contribution is -2.21. The fourth-order valence-corrected chi connectivity index (χ4v) is 2.38. The number of thiophene rings is 1. The van der Waals surface area contributed by atoms with Crippen molar-refractivity contribution in [3.05, 3.63) is 28.8 Å². The Balaban J connectivity index is 0.000000322. The number of carbonyl (C=O) groups is 2. The molecule has 0 radical (unpaired) electrons. The lowest BCUT2D eigenvalue weighted by atomic mass is 10.2. The van der Waals surface area contributed by atoms with E-state index in [1.54, 1.807) is 0 Å². The monoisotopic (exact) mass is 360 g/mol. The zero-order valence-electron chi connectivity index (χ0n) is 10.7. The quantitative estimate of drug-likeness (QED) is 0.765. The van der Waals surface area contributed by atoms with Crippen molar-refractivity contribution in [3.63, 3.8) is 0 Å². The topological polar surface area (TPSA) is 93.3 Å². The number of aromatic nitrogens is 1. The molecule has 126 valence electrons. The predicted octanol–water partition coefficient (Wildman–Crippen LogP) is 3.05. The summed E-state index contributed by atoms with van der Waals surface area (Å²) in [7, 11) is 0. The summed E-state index contributed by atoms with van der Waals surface area (Å²) in [5.74, 6) is -3.54. The SMILES string of the molecule is NC(=O)c1csc2c(C(F)(F)F)ccnc12.O=C(O)C(F)(F)F. The second-order valence-corrected chi connectivity index (χ2v) is 4.73. The summed E-state index contributed by atoms with van der Waals surface area (Å²) in [6.45, 7) is 0. The van der Waals surface area contributed by atoms with Crippen molar-refractivity contribution in [2.75, 3.05) is 0 Å². The molecule has 0 fully saturated rings. The number of rotatable bonds is 1. The number of primary amides is 1. The molecule has 2 heterocycles. The molecule has 0 bridgehead atoms. The maximum absolute atomic E-state index is 12.6. The van der Waals surface area contributed by atoms with Crippen LogP contribution in [0.1, 0.15) is 15.9 Å². The van der Waals surface area contributed by atoms with Crippen LogP contribution in [0.5, 0.6) is 0 Å². The molecule has 3 N–H and O–H groups in total. The molecular weight excluding hydrogens is 354 g/mol. The largest absolute Gasteiger partial charge is 0.490 e. The molecule has 5 nitrogen and oxygen atoms in total. The number of pyridine rings is 1. The van der Waals surface area contributed by atoms with E-state index < -0.39 is 29.8 Å². The number of nitrogens with two attached hydrogens (primary N) is 1. The Hall–Kier alpha value is -2.37. The lowest BCUT2D eigenvalue weighted by molar-refractivity contribution is -0.192. The first kappa shape index (κ1) is 18.7. The van der Waals surface area contributed by atoms with E-state index in [9.17, 15) is 31.1 Å². The van der Waals surface area contributed by atoms with Crippen LogP contribution in [-0.2, 0) is 11.0 Å². The average Bonchev–Trinajstić information content (AvgIpc) is 2.80. The number of halogens is 6. The number of amides is 1. The van der Waals surface area contributed by atoms with Gasteiger partial charge in [-0.2, -0.15) is 26.3 Å². The molecule has 0 saturated carbocycles. The third kappa shape index (κ3) is 4.55. The van der Waals surface area contributed by atoms with Crippen LogP contribution in [0.3, 0.4) is 0 Å². The van der Waals surface area contributed by atoms with Crippen molar-refractivity contribution in [3.8, 4) is 0 Å². The standard InChI is InChI=1S/C9H5F3N2OS.C2HF3O2/c10-9(11,12)5-1-2-14-6-4(8(13)15)3-16-7(5)6;3-2(4,5)1(6)7/h1-3H,(H2,13,15);(H,6,7). The highest BCUT2D eigenvalue weighted by atomic mass is 32.1. The van der Waals surface area contributed by atoms with Crippen LogP contribution in [0.15, 0.2) is 17.6 Å². The van der Waals surface area contributed by atoms with Crippen LogP contribution >= 0.6 is 11.3 Å². The van der Waals surface area contributed by atoms with E-state index in [4.69, 9.17) is 15.6 Å². The molecule has 0 aromatic carbocycles. The van der Waals surface area contributed by atoms with E-state index >= 15 is 0 Å². The Morgan fingerprint density at radius 2 is 1.70 bits per heavy atom. The molecular formula is C11H6F6N2O3S. The van der Waals surface area contributed by atoms with Gasteiger partial charge < -0.3 is 10.8 Å². The Morgan fingerprint density at radius 1 is 1.17 bits per heavy atom. The average molecular weight is 360 g/mol. The van der Waals surface area contributed by atoms with Crippen LogP contribution < -0.4 is 5.73 Å². The molecule has 0 spiro atoms. The number of aliphatic carboxylic acids is 1. The van der Waals surface area contributed by atoms with Gasteiger partial charge in [-0.15, -0.1) is 11.3 Å². The Morgan fingerprint density at radius 3 is 2.09 bits per heavy atom. The molecule has 0 aliphatic heterocycles. The number of carboxylic acid groups (broad SMARTS) is 1. The molecule has 12 heteroatoms. The fourth-order valence-electron chi connectivity index (χ4n) is 1.33. The number of hydrogen-bond donors (Lipinski definition) is 2. The van der Waals surface area contributed by atoms with Gasteiger partial charge in [-0.3, -0.25) is 9.78 Å².